The largest absolute Gasteiger partial charge is 0.461 e. The van der Waals surface area contributed by atoms with Crippen molar-refractivity contribution in [3.05, 3.63) is 99.7 Å². The number of carbonyl (C=O) groups excluding carboxylic acids is 3. The van der Waals surface area contributed by atoms with Crippen LogP contribution in [0.2, 0.25) is 0 Å². The molecule has 3 aromatic rings. The van der Waals surface area contributed by atoms with Crippen molar-refractivity contribution >= 4 is 29.3 Å². The van der Waals surface area contributed by atoms with Crippen molar-refractivity contribution in [2.24, 2.45) is 0 Å². The van der Waals surface area contributed by atoms with Gasteiger partial charge in [-0.15, -0.1) is 0 Å². The minimum atomic E-state index is -0.886. The highest BCUT2D eigenvalue weighted by Crippen LogP contribution is 2.22. The second kappa shape index (κ2) is 14.8. The molecule has 0 radical (unpaired) electrons. The number of nitro groups is 1. The topological polar surface area (TPSA) is 153 Å². The highest BCUT2D eigenvalue weighted by molar-refractivity contribution is 5.85. The number of nitrogens with zero attached hydrogens (tertiary/aromatic N) is 2. The van der Waals surface area contributed by atoms with Crippen LogP contribution in [0.1, 0.15) is 42.0 Å². The van der Waals surface area contributed by atoms with Gasteiger partial charge in [0, 0.05) is 31.3 Å². The third kappa shape index (κ3) is 10.2. The third-order valence-electron chi connectivity index (χ3n) is 5.68. The highest BCUT2D eigenvalue weighted by Gasteiger charge is 2.22. The number of hydrogen-bond donors (Lipinski definition) is 3. The zero-order valence-corrected chi connectivity index (χ0v) is 21.6. The Labute approximate surface area is 226 Å². The minimum Gasteiger partial charge on any atom is -0.461 e. The molecule has 11 heteroatoms. The van der Waals surface area contributed by atoms with Gasteiger partial charge in [-0.05, 0) is 42.2 Å². The first kappa shape index (κ1) is 28.8. The monoisotopic (exact) mass is 533 g/mol. The number of amides is 2. The van der Waals surface area contributed by atoms with Gasteiger partial charge >= 0.3 is 5.97 Å². The van der Waals surface area contributed by atoms with E-state index in [4.69, 9.17) is 4.74 Å². The van der Waals surface area contributed by atoms with Gasteiger partial charge in [0.2, 0.25) is 11.8 Å². The van der Waals surface area contributed by atoms with Crippen molar-refractivity contribution in [3.63, 3.8) is 0 Å². The van der Waals surface area contributed by atoms with E-state index in [2.05, 4.69) is 20.9 Å². The average Bonchev–Trinajstić information content (AvgIpc) is 2.93. The number of esters is 1. The summed E-state index contributed by atoms with van der Waals surface area (Å²) >= 11 is 0. The van der Waals surface area contributed by atoms with Gasteiger partial charge in [-0.25, -0.2) is 4.98 Å². The van der Waals surface area contributed by atoms with E-state index in [1.165, 1.54) is 18.2 Å². The molecular weight excluding hydrogens is 502 g/mol. The lowest BCUT2D eigenvalue weighted by Gasteiger charge is -2.19. The second-order valence-corrected chi connectivity index (χ2v) is 8.85. The number of rotatable bonds is 14. The predicted octanol–water partition coefficient (Wildman–Crippen LogP) is 3.60. The van der Waals surface area contributed by atoms with E-state index in [0.717, 1.165) is 16.9 Å². The Bertz CT molecular complexity index is 1280. The first-order valence-electron chi connectivity index (χ1n) is 12.5. The Balaban J connectivity index is 1.51. The van der Waals surface area contributed by atoms with E-state index in [1.807, 2.05) is 49.4 Å². The molecule has 1 unspecified atom stereocenters. The maximum Gasteiger partial charge on any atom is 0.308 e. The number of ether oxygens (including phenoxy) is 1. The number of benzene rings is 2. The fourth-order valence-electron chi connectivity index (χ4n) is 3.68. The van der Waals surface area contributed by atoms with Crippen molar-refractivity contribution in [2.45, 2.75) is 38.8 Å². The molecule has 3 rings (SSSR count). The number of hydrogen-bond acceptors (Lipinski definition) is 8. The number of anilines is 1. The Morgan fingerprint density at radius 1 is 1.03 bits per heavy atom. The lowest BCUT2D eigenvalue weighted by Crippen LogP contribution is -2.39. The molecular formula is C28H31N5O6. The second-order valence-electron chi connectivity index (χ2n) is 8.85. The van der Waals surface area contributed by atoms with Gasteiger partial charge in [0.1, 0.15) is 12.4 Å². The summed E-state index contributed by atoms with van der Waals surface area (Å²) in [4.78, 5) is 52.2. The van der Waals surface area contributed by atoms with Crippen LogP contribution in [0.25, 0.3) is 0 Å². The van der Waals surface area contributed by atoms with Crippen LogP contribution >= 0.6 is 0 Å². The number of pyridine rings is 1. The summed E-state index contributed by atoms with van der Waals surface area (Å²) in [6, 6.07) is 17.7. The van der Waals surface area contributed by atoms with E-state index < -0.39 is 22.8 Å². The van der Waals surface area contributed by atoms with Crippen LogP contribution < -0.4 is 16.0 Å². The molecule has 0 aliphatic rings. The summed E-state index contributed by atoms with van der Waals surface area (Å²) in [7, 11) is 0. The molecule has 3 N–H and O–H groups in total. The molecule has 0 aliphatic carbocycles. The third-order valence-corrected chi connectivity index (χ3v) is 5.68. The summed E-state index contributed by atoms with van der Waals surface area (Å²) in [6.45, 7) is 2.24. The van der Waals surface area contributed by atoms with Crippen LogP contribution in [0.5, 0.6) is 0 Å². The predicted molar refractivity (Wildman–Crippen MR) is 145 cm³/mol. The number of aromatic nitrogens is 1. The zero-order valence-electron chi connectivity index (χ0n) is 21.6. The first-order chi connectivity index (χ1) is 18.8. The fourth-order valence-corrected chi connectivity index (χ4v) is 3.68. The number of non-ortho nitro benzene ring substituents is 1. The smallest absolute Gasteiger partial charge is 0.308 e. The normalized spacial score (nSPS) is 11.2. The van der Waals surface area contributed by atoms with Gasteiger partial charge in [0.15, 0.2) is 0 Å². The Kier molecular flexibility index (Phi) is 10.9. The Morgan fingerprint density at radius 2 is 1.82 bits per heavy atom. The molecule has 204 valence electrons. The summed E-state index contributed by atoms with van der Waals surface area (Å²) in [5.74, 6) is -0.712. The summed E-state index contributed by atoms with van der Waals surface area (Å²) < 4.78 is 5.33. The lowest BCUT2D eigenvalue weighted by molar-refractivity contribution is -0.384. The average molecular weight is 534 g/mol. The van der Waals surface area contributed by atoms with Gasteiger partial charge in [0.25, 0.3) is 5.69 Å². The van der Waals surface area contributed by atoms with Crippen LogP contribution in [0.3, 0.4) is 0 Å². The standard InChI is InChI=1S/C28H31N5O6/c1-20-12-14-30-25(15-20)29-13-6-11-26(34)31-18-27(35)32-24(22-9-5-10-23(16-22)33(37)38)17-28(36)39-19-21-7-3-2-4-8-21/h2-5,7-10,12,14-16,24H,6,11,13,17-19H2,1H3,(H,29,30)(H,31,34)(H,32,35). The van der Waals surface area contributed by atoms with Crippen molar-refractivity contribution in [2.75, 3.05) is 18.4 Å². The van der Waals surface area contributed by atoms with E-state index in [1.54, 1.807) is 12.3 Å². The van der Waals surface area contributed by atoms with Crippen LogP contribution in [0.15, 0.2) is 72.9 Å². The van der Waals surface area contributed by atoms with Crippen LogP contribution in [-0.4, -0.2) is 40.8 Å². The Hall–Kier alpha value is -4.80. The molecule has 39 heavy (non-hydrogen) atoms. The van der Waals surface area contributed by atoms with Crippen molar-refractivity contribution in [1.29, 1.82) is 0 Å². The SMILES string of the molecule is Cc1ccnc(NCCCC(=O)NCC(=O)NC(CC(=O)OCc2ccccc2)c2cccc([N+](=O)[O-])c2)c1. The number of nitrogens with one attached hydrogen (secondary N) is 3. The highest BCUT2D eigenvalue weighted by atomic mass is 16.6. The van der Waals surface area contributed by atoms with Gasteiger partial charge < -0.3 is 20.7 Å². The quantitative estimate of drug-likeness (QED) is 0.123. The van der Waals surface area contributed by atoms with Crippen LogP contribution in [0.4, 0.5) is 11.5 Å². The van der Waals surface area contributed by atoms with Gasteiger partial charge in [-0.2, -0.15) is 0 Å². The molecule has 11 nitrogen and oxygen atoms in total. The fraction of sp³-hybridized carbons (Fsp3) is 0.286. The maximum absolute atomic E-state index is 12.6. The maximum atomic E-state index is 12.6. The van der Waals surface area contributed by atoms with Crippen LogP contribution in [-0.2, 0) is 25.7 Å². The number of aryl methyl sites for hydroxylation is 1. The van der Waals surface area contributed by atoms with Crippen molar-refractivity contribution in [1.82, 2.24) is 15.6 Å². The molecule has 1 aromatic heterocycles. The molecule has 2 aromatic carbocycles. The molecule has 0 spiro atoms. The van der Waals surface area contributed by atoms with Gasteiger partial charge in [-0.3, -0.25) is 24.5 Å². The summed E-state index contributed by atoms with van der Waals surface area (Å²) in [6.07, 6.45) is 2.19. The minimum absolute atomic E-state index is 0.0557. The Morgan fingerprint density at radius 3 is 2.56 bits per heavy atom. The lowest BCUT2D eigenvalue weighted by atomic mass is 10.0. The zero-order chi connectivity index (χ0) is 28.0. The van der Waals surface area contributed by atoms with E-state index in [0.29, 0.717) is 18.5 Å². The molecule has 1 heterocycles. The van der Waals surface area contributed by atoms with Crippen LogP contribution in [0, 0.1) is 17.0 Å². The molecule has 0 saturated carbocycles. The first-order valence-corrected chi connectivity index (χ1v) is 12.5. The number of nitro benzene ring substituents is 1. The van der Waals surface area contributed by atoms with Gasteiger partial charge in [0.05, 0.1) is 23.9 Å². The van der Waals surface area contributed by atoms with E-state index >= 15 is 0 Å². The molecule has 0 saturated heterocycles. The van der Waals surface area contributed by atoms with Crippen molar-refractivity contribution in [3.8, 4) is 0 Å². The van der Waals surface area contributed by atoms with E-state index in [-0.39, 0.29) is 37.6 Å². The molecule has 1 atom stereocenters. The molecule has 2 amide bonds. The van der Waals surface area contributed by atoms with E-state index in [9.17, 15) is 24.5 Å². The molecule has 0 aliphatic heterocycles. The van der Waals surface area contributed by atoms with Crippen molar-refractivity contribution < 1.29 is 24.0 Å². The summed E-state index contributed by atoms with van der Waals surface area (Å²) in [5.41, 5.74) is 2.07. The summed E-state index contributed by atoms with van der Waals surface area (Å²) in [5, 5.41) is 19.6. The molecule has 0 bridgehead atoms. The molecule has 0 fully saturated rings. The van der Waals surface area contributed by atoms with Gasteiger partial charge in [-0.1, -0.05) is 42.5 Å². The number of carbonyl (C=O) groups is 3.